The predicted octanol–water partition coefficient (Wildman–Crippen LogP) is 9.50. The zero-order valence-electron chi connectivity index (χ0n) is 18.3. The van der Waals surface area contributed by atoms with E-state index in [1.54, 1.807) is 0 Å². The number of benzene rings is 5. The molecule has 0 amide bonds. The van der Waals surface area contributed by atoms with Crippen LogP contribution in [0.1, 0.15) is 0 Å². The van der Waals surface area contributed by atoms with Crippen molar-refractivity contribution >= 4 is 33.0 Å². The summed E-state index contributed by atoms with van der Waals surface area (Å²) in [5, 5.41) is 0. The summed E-state index contributed by atoms with van der Waals surface area (Å²) in [5.74, 6) is 2.87. The molecule has 166 valence electrons. The largest absolute Gasteiger partial charge is 0.457 e. The maximum atomic E-state index is 6.26. The van der Waals surface area contributed by atoms with E-state index < -0.39 is 0 Å². The molecule has 0 atom stereocenters. The number of para-hydroxylation sites is 3. The number of ether oxygens (including phenoxy) is 2. The molecule has 0 bridgehead atoms. The highest BCUT2D eigenvalue weighted by Crippen LogP contribution is 2.40. The lowest BCUT2D eigenvalue weighted by molar-refractivity contribution is 0.460. The van der Waals surface area contributed by atoms with Gasteiger partial charge in [0, 0.05) is 34.0 Å². The topological polar surface area (TPSA) is 21.7 Å². The van der Waals surface area contributed by atoms with Gasteiger partial charge in [-0.05, 0) is 54.6 Å². The van der Waals surface area contributed by atoms with Crippen LogP contribution in [0.25, 0.3) is 0 Å². The van der Waals surface area contributed by atoms with Crippen LogP contribution in [0.5, 0.6) is 23.0 Å². The molecule has 0 saturated heterocycles. The summed E-state index contributed by atoms with van der Waals surface area (Å²) < 4.78 is 13.4. The Kier molecular flexibility index (Phi) is 6.59. The molecule has 5 aromatic carbocycles. The second-order valence-corrected chi connectivity index (χ2v) is 8.56. The Morgan fingerprint density at radius 1 is 0.412 bits per heavy atom. The first-order chi connectivity index (χ1) is 16.7. The average molecular weight is 508 g/mol. The zero-order chi connectivity index (χ0) is 23.2. The van der Waals surface area contributed by atoms with Crippen molar-refractivity contribution in [2.45, 2.75) is 0 Å². The minimum absolute atomic E-state index is 0.679. The van der Waals surface area contributed by atoms with Crippen LogP contribution in [0, 0.1) is 0 Å². The minimum Gasteiger partial charge on any atom is -0.457 e. The van der Waals surface area contributed by atoms with Crippen LogP contribution in [0.3, 0.4) is 0 Å². The first kappa shape index (κ1) is 21.8. The third-order valence-electron chi connectivity index (χ3n) is 5.16. The normalized spacial score (nSPS) is 10.5. The SMILES string of the molecule is Brc1cccc(Oc2cc(Oc3ccccc3)cc(N(c3ccccc3)c3ccccc3)c2)c1. The third kappa shape index (κ3) is 5.30. The molecule has 0 aliphatic rings. The molecule has 3 nitrogen and oxygen atoms in total. The molecule has 0 aliphatic carbocycles. The fourth-order valence-corrected chi connectivity index (χ4v) is 4.07. The molecule has 0 radical (unpaired) electrons. The first-order valence-corrected chi connectivity index (χ1v) is 11.8. The van der Waals surface area contributed by atoms with Gasteiger partial charge in [0.15, 0.2) is 0 Å². The molecule has 0 aliphatic heterocycles. The summed E-state index contributed by atoms with van der Waals surface area (Å²) in [6, 6.07) is 44.1. The molecule has 0 aromatic heterocycles. The summed E-state index contributed by atoms with van der Waals surface area (Å²) >= 11 is 3.52. The van der Waals surface area contributed by atoms with Crippen LogP contribution in [0.4, 0.5) is 17.1 Å². The maximum Gasteiger partial charge on any atom is 0.133 e. The van der Waals surface area contributed by atoms with Crippen LogP contribution < -0.4 is 14.4 Å². The highest BCUT2D eigenvalue weighted by Gasteiger charge is 2.15. The molecule has 5 aromatic rings. The van der Waals surface area contributed by atoms with E-state index in [0.717, 1.165) is 33.0 Å². The van der Waals surface area contributed by atoms with Crippen molar-refractivity contribution in [2.75, 3.05) is 4.90 Å². The van der Waals surface area contributed by atoms with Gasteiger partial charge in [-0.25, -0.2) is 0 Å². The van der Waals surface area contributed by atoms with Crippen molar-refractivity contribution in [1.82, 2.24) is 0 Å². The number of anilines is 3. The van der Waals surface area contributed by atoms with E-state index in [0.29, 0.717) is 11.5 Å². The van der Waals surface area contributed by atoms with Crippen LogP contribution in [-0.4, -0.2) is 0 Å². The van der Waals surface area contributed by atoms with Crippen LogP contribution in [0.15, 0.2) is 138 Å². The fraction of sp³-hybridized carbons (Fsp3) is 0. The molecule has 0 fully saturated rings. The predicted molar refractivity (Wildman–Crippen MR) is 142 cm³/mol. The van der Waals surface area contributed by atoms with Gasteiger partial charge in [-0.2, -0.15) is 0 Å². The monoisotopic (exact) mass is 507 g/mol. The molecule has 34 heavy (non-hydrogen) atoms. The number of hydrogen-bond donors (Lipinski definition) is 0. The second kappa shape index (κ2) is 10.3. The van der Waals surface area contributed by atoms with E-state index in [-0.39, 0.29) is 0 Å². The van der Waals surface area contributed by atoms with Crippen molar-refractivity contribution < 1.29 is 9.47 Å². The number of nitrogens with zero attached hydrogens (tertiary/aromatic N) is 1. The third-order valence-corrected chi connectivity index (χ3v) is 5.66. The molecule has 0 unspecified atom stereocenters. The molecule has 0 saturated carbocycles. The van der Waals surface area contributed by atoms with Crippen molar-refractivity contribution in [3.8, 4) is 23.0 Å². The van der Waals surface area contributed by atoms with Crippen molar-refractivity contribution in [1.29, 1.82) is 0 Å². The molecular weight excluding hydrogens is 486 g/mol. The standard InChI is InChI=1S/C30H22BrNO2/c31-23-11-10-18-28(19-23)34-30-21-26(20-29(22-30)33-27-16-8-3-9-17-27)32(24-12-4-1-5-13-24)25-14-6-2-7-15-25/h1-22H. The lowest BCUT2D eigenvalue weighted by Crippen LogP contribution is -2.10. The Morgan fingerprint density at radius 3 is 1.47 bits per heavy atom. The number of halogens is 1. The van der Waals surface area contributed by atoms with Crippen molar-refractivity contribution in [3.63, 3.8) is 0 Å². The van der Waals surface area contributed by atoms with Crippen molar-refractivity contribution in [3.05, 3.63) is 138 Å². The Morgan fingerprint density at radius 2 is 0.912 bits per heavy atom. The van der Waals surface area contributed by atoms with Gasteiger partial charge >= 0.3 is 0 Å². The quantitative estimate of drug-likeness (QED) is 0.219. The molecule has 0 spiro atoms. The Bertz CT molecular complexity index is 1320. The van der Waals surface area contributed by atoms with Crippen LogP contribution >= 0.6 is 15.9 Å². The van der Waals surface area contributed by atoms with Gasteiger partial charge in [0.2, 0.25) is 0 Å². The average Bonchev–Trinajstić information content (AvgIpc) is 2.86. The van der Waals surface area contributed by atoms with E-state index in [9.17, 15) is 0 Å². The smallest absolute Gasteiger partial charge is 0.133 e. The molecule has 4 heteroatoms. The second-order valence-electron chi connectivity index (χ2n) is 7.64. The van der Waals surface area contributed by atoms with Crippen LogP contribution in [0.2, 0.25) is 0 Å². The van der Waals surface area contributed by atoms with Crippen molar-refractivity contribution in [2.24, 2.45) is 0 Å². The van der Waals surface area contributed by atoms with Crippen LogP contribution in [-0.2, 0) is 0 Å². The highest BCUT2D eigenvalue weighted by atomic mass is 79.9. The highest BCUT2D eigenvalue weighted by molar-refractivity contribution is 9.10. The molecular formula is C30H22BrNO2. The Hall–Kier alpha value is -4.02. The summed E-state index contributed by atoms with van der Waals surface area (Å²) in [6.07, 6.45) is 0. The molecule has 0 N–H and O–H groups in total. The fourth-order valence-electron chi connectivity index (χ4n) is 3.70. The Balaban J connectivity index is 1.62. The maximum absolute atomic E-state index is 6.26. The minimum atomic E-state index is 0.679. The summed E-state index contributed by atoms with van der Waals surface area (Å²) in [7, 11) is 0. The lowest BCUT2D eigenvalue weighted by atomic mass is 10.1. The van der Waals surface area contributed by atoms with Gasteiger partial charge < -0.3 is 14.4 Å². The van der Waals surface area contributed by atoms with Gasteiger partial charge in [0.1, 0.15) is 23.0 Å². The van der Waals surface area contributed by atoms with E-state index in [2.05, 4.69) is 45.1 Å². The lowest BCUT2D eigenvalue weighted by Gasteiger charge is -2.26. The molecule has 0 heterocycles. The van der Waals surface area contributed by atoms with E-state index in [1.807, 2.05) is 109 Å². The zero-order valence-corrected chi connectivity index (χ0v) is 19.9. The summed E-state index contributed by atoms with van der Waals surface area (Å²) in [4.78, 5) is 2.19. The van der Waals surface area contributed by atoms with Gasteiger partial charge in [-0.15, -0.1) is 0 Å². The van der Waals surface area contributed by atoms with E-state index in [4.69, 9.17) is 9.47 Å². The summed E-state index contributed by atoms with van der Waals surface area (Å²) in [5.41, 5.74) is 3.01. The summed E-state index contributed by atoms with van der Waals surface area (Å²) in [6.45, 7) is 0. The van der Waals surface area contributed by atoms with E-state index in [1.165, 1.54) is 0 Å². The number of hydrogen-bond acceptors (Lipinski definition) is 3. The van der Waals surface area contributed by atoms with E-state index >= 15 is 0 Å². The first-order valence-electron chi connectivity index (χ1n) is 11.0. The number of rotatable bonds is 7. The van der Waals surface area contributed by atoms with Gasteiger partial charge in [0.25, 0.3) is 0 Å². The van der Waals surface area contributed by atoms with Gasteiger partial charge in [-0.1, -0.05) is 76.6 Å². The Labute approximate surface area is 208 Å². The molecule has 5 rings (SSSR count). The van der Waals surface area contributed by atoms with Gasteiger partial charge in [-0.3, -0.25) is 0 Å². The van der Waals surface area contributed by atoms with Gasteiger partial charge in [0.05, 0.1) is 5.69 Å².